The molecular weight excluding hydrogens is 458 g/mol. The third-order valence-electron chi connectivity index (χ3n) is 3.87. The third kappa shape index (κ3) is 8.38. The molecule has 0 radical (unpaired) electrons. The topological polar surface area (TPSA) is 56.7 Å². The van der Waals surface area contributed by atoms with Gasteiger partial charge in [0.15, 0.2) is 5.96 Å². The van der Waals surface area contributed by atoms with E-state index >= 15 is 0 Å². The number of halogens is 2. The minimum atomic E-state index is -0.267. The number of rotatable bonds is 7. The standard InChI is InChI=1S/C20H25FN4O.HI/c1-22-20(25(2)15-17-9-6-10-18(21)13-17)24-14-19(26)23-12-11-16-7-4-3-5-8-16;/h3-10,13H,11-12,14-15H2,1-2H3,(H,22,24)(H,23,26);1H. The van der Waals surface area contributed by atoms with Gasteiger partial charge in [0.05, 0.1) is 6.54 Å². The van der Waals surface area contributed by atoms with Crippen molar-refractivity contribution in [2.45, 2.75) is 13.0 Å². The quantitative estimate of drug-likeness (QED) is 0.361. The molecule has 0 aliphatic rings. The van der Waals surface area contributed by atoms with Gasteiger partial charge in [0, 0.05) is 27.2 Å². The van der Waals surface area contributed by atoms with E-state index < -0.39 is 0 Å². The number of guanidine groups is 1. The monoisotopic (exact) mass is 484 g/mol. The Labute approximate surface area is 177 Å². The van der Waals surface area contributed by atoms with Gasteiger partial charge in [-0.1, -0.05) is 42.5 Å². The van der Waals surface area contributed by atoms with Gasteiger partial charge in [0.2, 0.25) is 5.91 Å². The molecule has 1 amide bonds. The van der Waals surface area contributed by atoms with Crippen molar-refractivity contribution in [1.82, 2.24) is 15.5 Å². The summed E-state index contributed by atoms with van der Waals surface area (Å²) in [6, 6.07) is 16.4. The van der Waals surface area contributed by atoms with Crippen LogP contribution in [0.2, 0.25) is 0 Å². The molecule has 0 saturated carbocycles. The highest BCUT2D eigenvalue weighted by Crippen LogP contribution is 2.06. The Balaban J connectivity index is 0.00000364. The smallest absolute Gasteiger partial charge is 0.239 e. The molecule has 0 fully saturated rings. The Morgan fingerprint density at radius 3 is 2.44 bits per heavy atom. The fourth-order valence-corrected chi connectivity index (χ4v) is 2.58. The molecule has 2 aromatic rings. The predicted molar refractivity (Wildman–Crippen MR) is 118 cm³/mol. The zero-order valence-electron chi connectivity index (χ0n) is 15.6. The van der Waals surface area contributed by atoms with Crippen molar-refractivity contribution in [2.75, 3.05) is 27.2 Å². The van der Waals surface area contributed by atoms with Crippen molar-refractivity contribution in [2.24, 2.45) is 4.99 Å². The van der Waals surface area contributed by atoms with Gasteiger partial charge in [0.1, 0.15) is 5.82 Å². The fraction of sp³-hybridized carbons (Fsp3) is 0.300. The van der Waals surface area contributed by atoms with Crippen LogP contribution in [0.15, 0.2) is 59.6 Å². The summed E-state index contributed by atoms with van der Waals surface area (Å²) in [5.41, 5.74) is 2.02. The van der Waals surface area contributed by atoms with Crippen LogP contribution >= 0.6 is 24.0 Å². The van der Waals surface area contributed by atoms with Crippen LogP contribution < -0.4 is 10.6 Å². The van der Waals surface area contributed by atoms with Crippen LogP contribution in [0.3, 0.4) is 0 Å². The van der Waals surface area contributed by atoms with E-state index in [-0.39, 0.29) is 42.2 Å². The van der Waals surface area contributed by atoms with Crippen LogP contribution in [0.1, 0.15) is 11.1 Å². The molecule has 146 valence electrons. The number of benzene rings is 2. The summed E-state index contributed by atoms with van der Waals surface area (Å²) in [6.45, 7) is 1.21. The number of hydrogen-bond acceptors (Lipinski definition) is 2. The molecule has 0 atom stereocenters. The van der Waals surface area contributed by atoms with Crippen LogP contribution in [0.25, 0.3) is 0 Å². The summed E-state index contributed by atoms with van der Waals surface area (Å²) in [6.07, 6.45) is 0.792. The van der Waals surface area contributed by atoms with E-state index in [1.165, 1.54) is 17.7 Å². The Bertz CT molecular complexity index is 740. The van der Waals surface area contributed by atoms with Crippen molar-refractivity contribution < 1.29 is 9.18 Å². The van der Waals surface area contributed by atoms with Gasteiger partial charge in [-0.2, -0.15) is 0 Å². The molecule has 27 heavy (non-hydrogen) atoms. The summed E-state index contributed by atoms with van der Waals surface area (Å²) in [5, 5.41) is 5.90. The molecule has 0 aromatic heterocycles. The van der Waals surface area contributed by atoms with Crippen LogP contribution in [-0.4, -0.2) is 44.0 Å². The fourth-order valence-electron chi connectivity index (χ4n) is 2.58. The number of carbonyl (C=O) groups is 1. The van der Waals surface area contributed by atoms with Gasteiger partial charge >= 0.3 is 0 Å². The predicted octanol–water partition coefficient (Wildman–Crippen LogP) is 2.81. The van der Waals surface area contributed by atoms with Crippen LogP contribution in [0.5, 0.6) is 0 Å². The minimum Gasteiger partial charge on any atom is -0.354 e. The van der Waals surface area contributed by atoms with Crippen LogP contribution in [0.4, 0.5) is 4.39 Å². The SMILES string of the molecule is CN=C(NCC(=O)NCCc1ccccc1)N(C)Cc1cccc(F)c1.I. The van der Waals surface area contributed by atoms with E-state index in [2.05, 4.69) is 15.6 Å². The molecule has 2 N–H and O–H groups in total. The van der Waals surface area contributed by atoms with E-state index in [1.54, 1.807) is 13.1 Å². The highest BCUT2D eigenvalue weighted by atomic mass is 127. The molecule has 0 heterocycles. The molecule has 2 aromatic carbocycles. The summed E-state index contributed by atoms with van der Waals surface area (Å²) >= 11 is 0. The number of hydrogen-bond donors (Lipinski definition) is 2. The maximum Gasteiger partial charge on any atom is 0.239 e. The molecule has 0 unspecified atom stereocenters. The molecule has 0 bridgehead atoms. The highest BCUT2D eigenvalue weighted by Gasteiger charge is 2.09. The molecular formula is C20H26FIN4O. The van der Waals surface area contributed by atoms with Gasteiger partial charge < -0.3 is 15.5 Å². The maximum atomic E-state index is 13.3. The maximum absolute atomic E-state index is 13.3. The minimum absolute atomic E-state index is 0. The Hall–Kier alpha value is -2.16. The summed E-state index contributed by atoms with van der Waals surface area (Å²) in [7, 11) is 3.49. The van der Waals surface area contributed by atoms with Gasteiger partial charge in [0.25, 0.3) is 0 Å². The number of nitrogens with one attached hydrogen (secondary N) is 2. The van der Waals surface area contributed by atoms with E-state index in [1.807, 2.05) is 48.3 Å². The molecule has 0 aliphatic carbocycles. The van der Waals surface area contributed by atoms with Crippen molar-refractivity contribution in [3.05, 3.63) is 71.5 Å². The third-order valence-corrected chi connectivity index (χ3v) is 3.87. The molecule has 0 spiro atoms. The van der Waals surface area contributed by atoms with Crippen molar-refractivity contribution in [3.63, 3.8) is 0 Å². The second kappa shape index (κ2) is 12.3. The van der Waals surface area contributed by atoms with Gasteiger partial charge in [-0.15, -0.1) is 24.0 Å². The lowest BCUT2D eigenvalue weighted by Gasteiger charge is -2.22. The average molecular weight is 484 g/mol. The number of amides is 1. The van der Waals surface area contributed by atoms with Crippen LogP contribution in [0, 0.1) is 5.82 Å². The lowest BCUT2D eigenvalue weighted by Crippen LogP contribution is -2.44. The highest BCUT2D eigenvalue weighted by molar-refractivity contribution is 14.0. The van der Waals surface area contributed by atoms with E-state index in [0.717, 1.165) is 12.0 Å². The molecule has 5 nitrogen and oxygen atoms in total. The largest absolute Gasteiger partial charge is 0.354 e. The molecule has 7 heteroatoms. The van der Waals surface area contributed by atoms with E-state index in [4.69, 9.17) is 0 Å². The Kier molecular flexibility index (Phi) is 10.4. The number of carbonyl (C=O) groups excluding carboxylic acids is 1. The van der Waals surface area contributed by atoms with Gasteiger partial charge in [-0.25, -0.2) is 4.39 Å². The zero-order chi connectivity index (χ0) is 18.8. The van der Waals surface area contributed by atoms with Gasteiger partial charge in [-0.05, 0) is 29.7 Å². The van der Waals surface area contributed by atoms with Gasteiger partial charge in [-0.3, -0.25) is 9.79 Å². The van der Waals surface area contributed by atoms with Crippen LogP contribution in [-0.2, 0) is 17.8 Å². The number of nitrogens with zero attached hydrogens (tertiary/aromatic N) is 2. The second-order valence-electron chi connectivity index (χ2n) is 5.97. The first-order chi connectivity index (χ1) is 12.6. The molecule has 2 rings (SSSR count). The first-order valence-corrected chi connectivity index (χ1v) is 8.55. The van der Waals surface area contributed by atoms with E-state index in [0.29, 0.717) is 19.0 Å². The Morgan fingerprint density at radius 1 is 1.07 bits per heavy atom. The summed E-state index contributed by atoms with van der Waals surface area (Å²) in [4.78, 5) is 18.0. The molecule has 0 saturated heterocycles. The second-order valence-corrected chi connectivity index (χ2v) is 5.97. The first-order valence-electron chi connectivity index (χ1n) is 8.55. The van der Waals surface area contributed by atoms with Crippen molar-refractivity contribution in [3.8, 4) is 0 Å². The lowest BCUT2D eigenvalue weighted by molar-refractivity contribution is -0.120. The average Bonchev–Trinajstić information content (AvgIpc) is 2.63. The molecule has 0 aliphatic heterocycles. The Morgan fingerprint density at radius 2 is 1.78 bits per heavy atom. The van der Waals surface area contributed by atoms with E-state index in [9.17, 15) is 9.18 Å². The van der Waals surface area contributed by atoms with Crippen molar-refractivity contribution >= 4 is 35.8 Å². The summed E-state index contributed by atoms with van der Waals surface area (Å²) < 4.78 is 13.3. The number of aliphatic imine (C=N–C) groups is 1. The zero-order valence-corrected chi connectivity index (χ0v) is 17.9. The first kappa shape index (κ1) is 22.9. The summed E-state index contributed by atoms with van der Waals surface area (Å²) in [5.74, 6) is 0.213. The lowest BCUT2D eigenvalue weighted by atomic mass is 10.1. The van der Waals surface area contributed by atoms with Crippen molar-refractivity contribution in [1.29, 1.82) is 0 Å². The normalized spacial score (nSPS) is 10.7.